The van der Waals surface area contributed by atoms with Gasteiger partial charge in [0.2, 0.25) is 0 Å². The fraction of sp³-hybridized carbons (Fsp3) is 0.550. The van der Waals surface area contributed by atoms with Gasteiger partial charge in [-0.05, 0) is 108 Å². The Morgan fingerprint density at radius 3 is 2.20 bits per heavy atom. The van der Waals surface area contributed by atoms with Gasteiger partial charge in [-0.3, -0.25) is 4.79 Å². The molecular weight excluding hydrogens is 711 g/mol. The van der Waals surface area contributed by atoms with Crippen molar-refractivity contribution in [1.82, 2.24) is 34.6 Å². The van der Waals surface area contributed by atoms with Crippen LogP contribution in [0.1, 0.15) is 105 Å². The average molecular weight is 760 g/mol. The van der Waals surface area contributed by atoms with Crippen LogP contribution in [0, 0.1) is 17.8 Å². The molecule has 2 amide bonds. The smallest absolute Gasteiger partial charge is 0.444 e. The minimum atomic E-state index is -4.61. The molecule has 0 aliphatic carbocycles. The molecule has 0 radical (unpaired) electrons. The van der Waals surface area contributed by atoms with Crippen LogP contribution in [-0.2, 0) is 17.3 Å². The lowest BCUT2D eigenvalue weighted by molar-refractivity contribution is -0.147. The molecule has 2 aromatic heterocycles. The lowest BCUT2D eigenvalue weighted by Gasteiger charge is -2.41. The molecule has 1 N–H and O–H groups in total. The Morgan fingerprint density at radius 1 is 0.855 bits per heavy atom. The molecule has 292 valence electrons. The number of alkyl halides is 3. The Kier molecular flexibility index (Phi) is 11.2. The molecule has 7 rings (SSSR count). The summed E-state index contributed by atoms with van der Waals surface area (Å²) in [6.45, 7) is 10.5. The van der Waals surface area contributed by atoms with Crippen LogP contribution < -0.4 is 5.32 Å². The third-order valence-corrected chi connectivity index (χ3v) is 10.8. The number of pyridine rings is 1. The fourth-order valence-electron chi connectivity index (χ4n) is 7.80. The number of nitrogens with zero attached hydrogens (tertiary/aromatic N) is 8. The molecule has 0 atom stereocenters. The molecule has 12 nitrogen and oxygen atoms in total. The van der Waals surface area contributed by atoms with Gasteiger partial charge >= 0.3 is 12.3 Å². The number of carbonyl (C=O) groups excluding carboxylic acids is 2. The molecule has 0 spiro atoms. The number of rotatable bonds is 4. The number of nitrogens with one attached hydrogen (secondary N) is 1. The number of amides is 2. The Hall–Kier alpha value is -4.97. The average Bonchev–Trinajstić information content (AvgIpc) is 3.62. The van der Waals surface area contributed by atoms with Gasteiger partial charge in [-0.1, -0.05) is 24.0 Å². The zero-order valence-corrected chi connectivity index (χ0v) is 31.6. The molecule has 0 unspecified atom stereocenters. The van der Waals surface area contributed by atoms with E-state index in [-0.39, 0.29) is 17.8 Å². The standard InChI is InChI=1S/C40H48F3N9O3/c1-39(2,3)55-38(54)51-24-18-32(19-25-51)49-20-14-27(15-21-49)4-5-28-6-11-33(44-26-28)36(53)45-31-9-7-29(8-10-31)30-16-22-50(23-17-30)35-13-12-34-46-47-37(40(41,42)43)52(34)48-35/h6-11,26-27,30,32H,12-25H2,1-3H3,(H,45,53). The minimum Gasteiger partial charge on any atom is -0.444 e. The summed E-state index contributed by atoms with van der Waals surface area (Å²) < 4.78 is 46.4. The summed E-state index contributed by atoms with van der Waals surface area (Å²) in [6, 6.07) is 11.8. The molecule has 4 aliphatic rings. The second kappa shape index (κ2) is 16.0. The Labute approximate surface area is 319 Å². The van der Waals surface area contributed by atoms with Crippen LogP contribution in [0.25, 0.3) is 0 Å². The molecule has 3 aromatic rings. The fourth-order valence-corrected chi connectivity index (χ4v) is 7.80. The topological polar surface area (TPSA) is 121 Å². The maximum atomic E-state index is 13.3. The van der Waals surface area contributed by atoms with Crippen molar-refractivity contribution in [2.24, 2.45) is 11.0 Å². The van der Waals surface area contributed by atoms with Crippen LogP contribution in [0.5, 0.6) is 0 Å². The van der Waals surface area contributed by atoms with Crippen molar-refractivity contribution in [3.05, 3.63) is 71.1 Å². The molecule has 55 heavy (non-hydrogen) atoms. The number of hydrogen-bond donors (Lipinski definition) is 1. The van der Waals surface area contributed by atoms with Crippen molar-refractivity contribution >= 4 is 23.5 Å². The van der Waals surface area contributed by atoms with Crippen molar-refractivity contribution in [3.63, 3.8) is 0 Å². The van der Waals surface area contributed by atoms with Crippen molar-refractivity contribution in [2.45, 2.75) is 95.9 Å². The quantitative estimate of drug-likeness (QED) is 0.304. The zero-order valence-electron chi connectivity index (χ0n) is 31.6. The van der Waals surface area contributed by atoms with Gasteiger partial charge in [0.25, 0.3) is 11.7 Å². The number of halogens is 3. The van der Waals surface area contributed by atoms with Gasteiger partial charge in [0, 0.05) is 68.4 Å². The predicted octanol–water partition coefficient (Wildman–Crippen LogP) is 6.39. The first-order chi connectivity index (χ1) is 26.3. The first-order valence-electron chi connectivity index (χ1n) is 19.2. The lowest BCUT2D eigenvalue weighted by atomic mass is 9.89. The Bertz CT molecular complexity index is 1920. The van der Waals surface area contributed by atoms with Gasteiger partial charge in [0.05, 0.1) is 0 Å². The summed E-state index contributed by atoms with van der Waals surface area (Å²) in [5.74, 6) is 6.74. The van der Waals surface area contributed by atoms with Gasteiger partial charge in [-0.25, -0.2) is 9.78 Å². The molecule has 4 aliphatic heterocycles. The third kappa shape index (κ3) is 9.47. The van der Waals surface area contributed by atoms with E-state index in [1.165, 1.54) is 0 Å². The number of piperidine rings is 3. The molecule has 0 saturated carbocycles. The first kappa shape index (κ1) is 38.3. The summed E-state index contributed by atoms with van der Waals surface area (Å²) in [6.07, 6.45) is 3.30. The molecular formula is C40H48F3N9O3. The van der Waals surface area contributed by atoms with Crippen molar-refractivity contribution in [1.29, 1.82) is 0 Å². The van der Waals surface area contributed by atoms with E-state index in [4.69, 9.17) is 4.74 Å². The SMILES string of the molecule is CC(C)(C)OC(=O)N1CCC(N2CCC(C#Cc3ccc(C(=O)Nc4ccc(C5CCN(C6=Nn7c(nnc7C(F)(F)F)CC6)CC5)cc4)nc3)CC2)CC1. The Morgan fingerprint density at radius 2 is 1.56 bits per heavy atom. The summed E-state index contributed by atoms with van der Waals surface area (Å²) >= 11 is 0. The van der Waals surface area contributed by atoms with E-state index in [1.807, 2.05) is 56.0 Å². The number of ether oxygens (including phenoxy) is 1. The summed E-state index contributed by atoms with van der Waals surface area (Å²) in [5.41, 5.74) is 2.41. The van der Waals surface area contributed by atoms with Crippen molar-refractivity contribution < 1.29 is 27.5 Å². The van der Waals surface area contributed by atoms with Crippen LogP contribution in [0.2, 0.25) is 0 Å². The van der Waals surface area contributed by atoms with Gasteiger partial charge in [-0.2, -0.15) is 22.9 Å². The van der Waals surface area contributed by atoms with Crippen molar-refractivity contribution in [2.75, 3.05) is 44.6 Å². The Balaban J connectivity index is 0.838. The number of aryl methyl sites for hydroxylation is 1. The van der Waals surface area contributed by atoms with E-state index < -0.39 is 17.6 Å². The second-order valence-electron chi connectivity index (χ2n) is 15.8. The highest BCUT2D eigenvalue weighted by Crippen LogP contribution is 2.32. The highest BCUT2D eigenvalue weighted by atomic mass is 19.4. The number of anilines is 1. The van der Waals surface area contributed by atoms with Gasteiger partial charge in [0.15, 0.2) is 5.82 Å². The number of carbonyl (C=O) groups is 2. The number of likely N-dealkylation sites (tertiary alicyclic amines) is 3. The van der Waals surface area contributed by atoms with Crippen molar-refractivity contribution in [3.8, 4) is 11.8 Å². The highest BCUT2D eigenvalue weighted by molar-refractivity contribution is 6.02. The molecule has 15 heteroatoms. The van der Waals surface area contributed by atoms with Crippen LogP contribution in [0.3, 0.4) is 0 Å². The number of amidine groups is 1. The maximum absolute atomic E-state index is 13.3. The van der Waals surface area contributed by atoms with E-state index in [0.29, 0.717) is 61.0 Å². The van der Waals surface area contributed by atoms with Gasteiger partial charge < -0.3 is 24.8 Å². The molecule has 1 aromatic carbocycles. The first-order valence-corrected chi connectivity index (χ1v) is 19.2. The molecule has 3 fully saturated rings. The summed E-state index contributed by atoms with van der Waals surface area (Å²) in [4.78, 5) is 36.2. The minimum absolute atomic E-state index is 0.222. The number of hydrogen-bond acceptors (Lipinski definition) is 9. The lowest BCUT2D eigenvalue weighted by Crippen LogP contribution is -2.49. The van der Waals surface area contributed by atoms with Crippen LogP contribution in [0.15, 0.2) is 47.7 Å². The summed E-state index contributed by atoms with van der Waals surface area (Å²) in [7, 11) is 0. The molecule has 3 saturated heterocycles. The number of fused-ring (bicyclic) bond motifs is 1. The predicted molar refractivity (Wildman–Crippen MR) is 200 cm³/mol. The third-order valence-electron chi connectivity index (χ3n) is 10.8. The number of benzene rings is 1. The van der Waals surface area contributed by atoms with E-state index in [9.17, 15) is 22.8 Å². The van der Waals surface area contributed by atoms with Gasteiger partial charge in [0.1, 0.15) is 17.1 Å². The van der Waals surface area contributed by atoms with E-state index >= 15 is 0 Å². The van der Waals surface area contributed by atoms with E-state index in [2.05, 4.69) is 47.2 Å². The normalized spacial score (nSPS) is 19.3. The highest BCUT2D eigenvalue weighted by Gasteiger charge is 2.40. The zero-order chi connectivity index (χ0) is 38.7. The van der Waals surface area contributed by atoms with Crippen LogP contribution in [0.4, 0.5) is 23.7 Å². The maximum Gasteiger partial charge on any atom is 0.453 e. The van der Waals surface area contributed by atoms with E-state index in [1.54, 1.807) is 12.3 Å². The largest absolute Gasteiger partial charge is 0.453 e. The van der Waals surface area contributed by atoms with E-state index in [0.717, 1.165) is 80.5 Å². The molecule has 6 heterocycles. The monoisotopic (exact) mass is 759 g/mol. The molecule has 0 bridgehead atoms. The van der Waals surface area contributed by atoms with Crippen LogP contribution in [-0.4, -0.2) is 103 Å². The second-order valence-corrected chi connectivity index (χ2v) is 15.8. The summed E-state index contributed by atoms with van der Waals surface area (Å²) in [5, 5.41) is 14.2. The number of aromatic nitrogens is 4. The van der Waals surface area contributed by atoms with Gasteiger partial charge in [-0.15, -0.1) is 10.2 Å². The van der Waals surface area contributed by atoms with Crippen LogP contribution >= 0.6 is 0 Å².